The van der Waals surface area contributed by atoms with Crippen LogP contribution in [0.4, 0.5) is 11.4 Å². The molecule has 0 radical (unpaired) electrons. The Balaban J connectivity index is 2.99. The molecule has 0 atom stereocenters. The van der Waals surface area contributed by atoms with Crippen molar-refractivity contribution in [3.63, 3.8) is 0 Å². The maximum atomic E-state index is 10.9. The van der Waals surface area contributed by atoms with Gasteiger partial charge in [0.25, 0.3) is 0 Å². The van der Waals surface area contributed by atoms with Crippen LogP contribution in [0.5, 0.6) is 0 Å². The molecule has 0 aliphatic carbocycles. The molecule has 0 heterocycles. The van der Waals surface area contributed by atoms with Gasteiger partial charge in [-0.05, 0) is 17.5 Å². The number of benzene rings is 2. The Morgan fingerprint density at radius 3 is 2.18 bits per heavy atom. The second kappa shape index (κ2) is 3.99. The highest BCUT2D eigenvalue weighted by Gasteiger charge is 2.30. The van der Waals surface area contributed by atoms with Crippen LogP contribution in [0, 0.1) is 20.2 Å². The van der Waals surface area contributed by atoms with E-state index in [1.165, 1.54) is 12.1 Å². The van der Waals surface area contributed by atoms with E-state index in [1.807, 2.05) is 0 Å². The quantitative estimate of drug-likeness (QED) is 0.606. The molecule has 86 valence electrons. The van der Waals surface area contributed by atoms with Crippen molar-refractivity contribution in [2.75, 3.05) is 0 Å². The third-order valence-corrected chi connectivity index (χ3v) is 2.60. The fourth-order valence-electron chi connectivity index (χ4n) is 1.64. The van der Waals surface area contributed by atoms with Crippen molar-refractivity contribution in [2.45, 2.75) is 0 Å². The molecule has 0 saturated heterocycles. The second-order valence-electron chi connectivity index (χ2n) is 3.29. The average Bonchev–Trinajstić information content (AvgIpc) is 2.26. The maximum absolute atomic E-state index is 10.9. The monoisotopic (exact) mass is 252 g/mol. The van der Waals surface area contributed by atoms with Crippen molar-refractivity contribution >= 4 is 33.7 Å². The largest absolute Gasteiger partial charge is 0.365 e. The summed E-state index contributed by atoms with van der Waals surface area (Å²) in [5.74, 6) is 0. The lowest BCUT2D eigenvalue weighted by atomic mass is 10.1. The summed E-state index contributed by atoms with van der Waals surface area (Å²) in [5, 5.41) is 22.2. The van der Waals surface area contributed by atoms with E-state index in [9.17, 15) is 20.2 Å². The van der Waals surface area contributed by atoms with Gasteiger partial charge >= 0.3 is 11.4 Å². The minimum Gasteiger partial charge on any atom is -0.258 e. The summed E-state index contributed by atoms with van der Waals surface area (Å²) in [6.07, 6.45) is 0. The van der Waals surface area contributed by atoms with Crippen molar-refractivity contribution in [3.8, 4) is 0 Å². The van der Waals surface area contributed by atoms with Crippen LogP contribution in [0.25, 0.3) is 10.8 Å². The molecule has 0 aliphatic heterocycles. The molecule has 0 aromatic heterocycles. The highest BCUT2D eigenvalue weighted by molar-refractivity contribution is 6.34. The SMILES string of the molecule is O=[N+]([O-])c1c(Cl)cc2ccccc2c1[N+](=O)[O-]. The zero-order chi connectivity index (χ0) is 12.6. The molecule has 2 aromatic rings. The van der Waals surface area contributed by atoms with Crippen molar-refractivity contribution in [2.24, 2.45) is 0 Å². The number of hydrogen-bond acceptors (Lipinski definition) is 4. The van der Waals surface area contributed by atoms with E-state index < -0.39 is 21.2 Å². The van der Waals surface area contributed by atoms with Crippen LogP contribution in [-0.4, -0.2) is 9.85 Å². The van der Waals surface area contributed by atoms with Gasteiger partial charge in [0, 0.05) is 0 Å². The van der Waals surface area contributed by atoms with Crippen molar-refractivity contribution in [1.29, 1.82) is 0 Å². The van der Waals surface area contributed by atoms with Crippen LogP contribution >= 0.6 is 11.6 Å². The molecule has 0 N–H and O–H groups in total. The Kier molecular flexibility index (Phi) is 2.64. The Bertz CT molecular complexity index is 641. The van der Waals surface area contributed by atoms with Crippen LogP contribution in [0.3, 0.4) is 0 Å². The zero-order valence-corrected chi connectivity index (χ0v) is 9.05. The van der Waals surface area contributed by atoms with Crippen LogP contribution in [-0.2, 0) is 0 Å². The molecule has 0 saturated carbocycles. The van der Waals surface area contributed by atoms with Gasteiger partial charge in [-0.25, -0.2) is 0 Å². The summed E-state index contributed by atoms with van der Waals surface area (Å²) in [5.41, 5.74) is -1.24. The number of rotatable bonds is 2. The standard InChI is InChI=1S/C10H5ClN2O4/c11-8-5-6-3-1-2-4-7(6)9(12(14)15)10(8)13(16)17/h1-5H. The van der Waals surface area contributed by atoms with Crippen LogP contribution in [0.2, 0.25) is 5.02 Å². The molecule has 6 nitrogen and oxygen atoms in total. The van der Waals surface area contributed by atoms with Crippen molar-refractivity contribution < 1.29 is 9.85 Å². The second-order valence-corrected chi connectivity index (χ2v) is 3.70. The summed E-state index contributed by atoms with van der Waals surface area (Å²) in [6, 6.07) is 7.66. The number of nitro benzene ring substituents is 2. The van der Waals surface area contributed by atoms with E-state index in [4.69, 9.17) is 11.6 Å². The van der Waals surface area contributed by atoms with Gasteiger partial charge in [0.1, 0.15) is 5.02 Å². The van der Waals surface area contributed by atoms with Crippen LogP contribution < -0.4 is 0 Å². The van der Waals surface area contributed by atoms with E-state index in [2.05, 4.69) is 0 Å². The molecule has 2 rings (SSSR count). The molecule has 0 bridgehead atoms. The fraction of sp³-hybridized carbons (Fsp3) is 0. The fourth-order valence-corrected chi connectivity index (χ4v) is 1.92. The molecule has 0 fully saturated rings. The van der Waals surface area contributed by atoms with E-state index in [0.29, 0.717) is 5.39 Å². The normalized spacial score (nSPS) is 10.4. The summed E-state index contributed by atoms with van der Waals surface area (Å²) < 4.78 is 0. The lowest BCUT2D eigenvalue weighted by molar-refractivity contribution is -0.421. The predicted molar refractivity (Wildman–Crippen MR) is 62.3 cm³/mol. The predicted octanol–water partition coefficient (Wildman–Crippen LogP) is 3.31. The van der Waals surface area contributed by atoms with Gasteiger partial charge < -0.3 is 0 Å². The number of hydrogen-bond donors (Lipinski definition) is 0. The van der Waals surface area contributed by atoms with E-state index >= 15 is 0 Å². The van der Waals surface area contributed by atoms with Crippen LogP contribution in [0.15, 0.2) is 30.3 Å². The molecule has 0 spiro atoms. The average molecular weight is 253 g/mol. The van der Waals surface area contributed by atoms with E-state index in [-0.39, 0.29) is 10.4 Å². The third kappa shape index (κ3) is 1.78. The Morgan fingerprint density at radius 1 is 1.00 bits per heavy atom. The minimum absolute atomic E-state index is 0.202. The third-order valence-electron chi connectivity index (χ3n) is 2.31. The maximum Gasteiger partial charge on any atom is 0.365 e. The first-order chi connectivity index (χ1) is 8.02. The lowest BCUT2D eigenvalue weighted by Crippen LogP contribution is -1.98. The highest BCUT2D eigenvalue weighted by atomic mass is 35.5. The molecule has 0 unspecified atom stereocenters. The first-order valence-electron chi connectivity index (χ1n) is 4.52. The molecule has 0 amide bonds. The van der Waals surface area contributed by atoms with Gasteiger partial charge in [-0.15, -0.1) is 0 Å². The number of fused-ring (bicyclic) bond motifs is 1. The smallest absolute Gasteiger partial charge is 0.258 e. The van der Waals surface area contributed by atoms with E-state index in [0.717, 1.165) is 0 Å². The summed E-state index contributed by atoms with van der Waals surface area (Å²) in [7, 11) is 0. The Morgan fingerprint density at radius 2 is 1.59 bits per heavy atom. The number of nitro groups is 2. The topological polar surface area (TPSA) is 86.3 Å². The first kappa shape index (κ1) is 11.3. The first-order valence-corrected chi connectivity index (χ1v) is 4.90. The van der Waals surface area contributed by atoms with Crippen LogP contribution in [0.1, 0.15) is 0 Å². The van der Waals surface area contributed by atoms with Gasteiger partial charge in [-0.2, -0.15) is 0 Å². The number of halogens is 1. The van der Waals surface area contributed by atoms with Gasteiger partial charge in [0.15, 0.2) is 0 Å². The number of nitrogens with zero attached hydrogens (tertiary/aromatic N) is 2. The zero-order valence-electron chi connectivity index (χ0n) is 8.29. The summed E-state index contributed by atoms with van der Waals surface area (Å²) in [6.45, 7) is 0. The molecule has 17 heavy (non-hydrogen) atoms. The summed E-state index contributed by atoms with van der Waals surface area (Å²) in [4.78, 5) is 20.1. The van der Waals surface area contributed by atoms with Crippen molar-refractivity contribution in [1.82, 2.24) is 0 Å². The van der Waals surface area contributed by atoms with Gasteiger partial charge in [-0.3, -0.25) is 20.2 Å². The van der Waals surface area contributed by atoms with Crippen molar-refractivity contribution in [3.05, 3.63) is 55.6 Å². The molecule has 2 aromatic carbocycles. The minimum atomic E-state index is -0.840. The molecule has 7 heteroatoms. The van der Waals surface area contributed by atoms with E-state index in [1.54, 1.807) is 18.2 Å². The van der Waals surface area contributed by atoms with Gasteiger partial charge in [-0.1, -0.05) is 29.8 Å². The Labute approximate surface area is 99.7 Å². The molecular formula is C10H5ClN2O4. The Hall–Kier alpha value is -2.21. The van der Waals surface area contributed by atoms with Gasteiger partial charge in [0.2, 0.25) is 0 Å². The molecule has 0 aliphatic rings. The lowest BCUT2D eigenvalue weighted by Gasteiger charge is -2.02. The van der Waals surface area contributed by atoms with Gasteiger partial charge in [0.05, 0.1) is 15.2 Å². The summed E-state index contributed by atoms with van der Waals surface area (Å²) >= 11 is 5.70. The molecular weight excluding hydrogens is 248 g/mol. The highest BCUT2D eigenvalue weighted by Crippen LogP contribution is 2.40.